The zero-order valence-electron chi connectivity index (χ0n) is 15.2. The quantitative estimate of drug-likeness (QED) is 0.687. The molecule has 1 saturated carbocycles. The third-order valence-corrected chi connectivity index (χ3v) is 5.15. The number of hydrogen-bond donors (Lipinski definition) is 2. The highest BCUT2D eigenvalue weighted by Gasteiger charge is 2.33. The summed E-state index contributed by atoms with van der Waals surface area (Å²) in [6, 6.07) is 4.00. The molecule has 0 bridgehead atoms. The molecule has 0 amide bonds. The summed E-state index contributed by atoms with van der Waals surface area (Å²) < 4.78 is 5.60. The van der Waals surface area contributed by atoms with Gasteiger partial charge in [-0.1, -0.05) is 0 Å². The Bertz CT molecular complexity index is 851. The van der Waals surface area contributed by atoms with Gasteiger partial charge in [0.05, 0.1) is 11.8 Å². The first kappa shape index (κ1) is 17.0. The zero-order chi connectivity index (χ0) is 18.1. The summed E-state index contributed by atoms with van der Waals surface area (Å²) in [7, 11) is 3.84. The van der Waals surface area contributed by atoms with Crippen LogP contribution in [0.4, 0.5) is 0 Å². The van der Waals surface area contributed by atoms with Crippen molar-refractivity contribution in [1.82, 2.24) is 34.7 Å². The number of aliphatic hydroxyl groups excluding tert-OH is 1. The highest BCUT2D eigenvalue weighted by atomic mass is 16.3. The fraction of sp³-hybridized carbons (Fsp3) is 0.500. The first-order chi connectivity index (χ1) is 12.6. The molecule has 1 unspecified atom stereocenters. The Morgan fingerprint density at radius 3 is 2.85 bits per heavy atom. The molecule has 4 rings (SSSR count). The average molecular weight is 355 g/mol. The second-order valence-electron chi connectivity index (χ2n) is 7.14. The van der Waals surface area contributed by atoms with E-state index < -0.39 is 0 Å². The van der Waals surface area contributed by atoms with E-state index in [9.17, 15) is 5.11 Å². The van der Waals surface area contributed by atoms with Crippen LogP contribution in [0.15, 0.2) is 36.9 Å². The molecule has 138 valence electrons. The van der Waals surface area contributed by atoms with Gasteiger partial charge in [-0.15, -0.1) is 0 Å². The van der Waals surface area contributed by atoms with E-state index in [0.29, 0.717) is 12.5 Å². The van der Waals surface area contributed by atoms with Crippen molar-refractivity contribution in [3.05, 3.63) is 42.5 Å². The minimum absolute atomic E-state index is 0.0927. The lowest BCUT2D eigenvalue weighted by Crippen LogP contribution is -2.35. The summed E-state index contributed by atoms with van der Waals surface area (Å²) in [5.74, 6) is 0.438. The predicted molar refractivity (Wildman–Crippen MR) is 97.0 cm³/mol. The van der Waals surface area contributed by atoms with E-state index in [1.165, 1.54) is 0 Å². The summed E-state index contributed by atoms with van der Waals surface area (Å²) in [6.45, 7) is 1.53. The third kappa shape index (κ3) is 3.42. The molecule has 0 radical (unpaired) electrons. The first-order valence-corrected chi connectivity index (χ1v) is 9.00. The van der Waals surface area contributed by atoms with Crippen molar-refractivity contribution in [2.75, 3.05) is 0 Å². The van der Waals surface area contributed by atoms with Gasteiger partial charge in [-0.05, 0) is 30.9 Å². The number of aryl methyl sites for hydroxylation is 2. The lowest BCUT2D eigenvalue weighted by atomic mass is 10.1. The van der Waals surface area contributed by atoms with Gasteiger partial charge in [0.1, 0.15) is 5.69 Å². The number of hydrogen-bond acceptors (Lipinski definition) is 5. The smallest absolute Gasteiger partial charge is 0.115 e. The normalized spacial score (nSPS) is 23.0. The highest BCUT2D eigenvalue weighted by molar-refractivity contribution is 5.58. The van der Waals surface area contributed by atoms with Gasteiger partial charge in [0.2, 0.25) is 0 Å². The Kier molecular flexibility index (Phi) is 4.60. The van der Waals surface area contributed by atoms with Gasteiger partial charge in [-0.25, -0.2) is 0 Å². The van der Waals surface area contributed by atoms with Crippen LogP contribution in [0.25, 0.3) is 11.4 Å². The molecule has 8 heteroatoms. The molecule has 0 aromatic carbocycles. The van der Waals surface area contributed by atoms with Gasteiger partial charge in [0.25, 0.3) is 0 Å². The van der Waals surface area contributed by atoms with Crippen LogP contribution in [0.2, 0.25) is 0 Å². The minimum atomic E-state index is -0.326. The van der Waals surface area contributed by atoms with Crippen LogP contribution >= 0.6 is 0 Å². The molecule has 3 aromatic heterocycles. The molecule has 8 nitrogen and oxygen atoms in total. The molecule has 1 fully saturated rings. The van der Waals surface area contributed by atoms with Crippen molar-refractivity contribution in [2.24, 2.45) is 20.0 Å². The molecule has 0 aliphatic heterocycles. The maximum absolute atomic E-state index is 10.4. The molecule has 0 spiro atoms. The van der Waals surface area contributed by atoms with E-state index >= 15 is 0 Å². The van der Waals surface area contributed by atoms with Gasteiger partial charge in [-0.3, -0.25) is 14.0 Å². The molecule has 0 saturated heterocycles. The molecule has 1 aliphatic rings. The number of nitrogens with zero attached hydrogens (tertiary/aromatic N) is 6. The Morgan fingerprint density at radius 2 is 2.12 bits per heavy atom. The Hall–Kier alpha value is -2.45. The number of nitrogens with one attached hydrogen (secondary N) is 1. The van der Waals surface area contributed by atoms with Crippen LogP contribution < -0.4 is 5.32 Å². The van der Waals surface area contributed by atoms with Crippen LogP contribution in [0.1, 0.15) is 18.4 Å². The van der Waals surface area contributed by atoms with E-state index in [1.54, 1.807) is 12.4 Å². The van der Waals surface area contributed by atoms with Gasteiger partial charge in [0, 0.05) is 63.6 Å². The summed E-state index contributed by atoms with van der Waals surface area (Å²) in [6.07, 6.45) is 9.00. The fourth-order valence-electron chi connectivity index (χ4n) is 3.89. The topological polar surface area (TPSA) is 85.7 Å². The van der Waals surface area contributed by atoms with Gasteiger partial charge < -0.3 is 10.4 Å². The molecule has 1 aliphatic carbocycles. The molecular weight excluding hydrogens is 330 g/mol. The predicted octanol–water partition coefficient (Wildman–Crippen LogP) is 0.946. The van der Waals surface area contributed by atoms with E-state index in [4.69, 9.17) is 0 Å². The van der Waals surface area contributed by atoms with Crippen molar-refractivity contribution >= 4 is 0 Å². The maximum atomic E-state index is 10.4. The van der Waals surface area contributed by atoms with Crippen LogP contribution in [0.3, 0.4) is 0 Å². The van der Waals surface area contributed by atoms with Gasteiger partial charge in [-0.2, -0.15) is 15.3 Å². The first-order valence-electron chi connectivity index (χ1n) is 9.00. The van der Waals surface area contributed by atoms with E-state index in [2.05, 4.69) is 20.6 Å². The molecule has 3 heterocycles. The average Bonchev–Trinajstić information content (AvgIpc) is 3.36. The lowest BCUT2D eigenvalue weighted by Gasteiger charge is -2.16. The van der Waals surface area contributed by atoms with Gasteiger partial charge >= 0.3 is 0 Å². The third-order valence-electron chi connectivity index (χ3n) is 5.15. The van der Waals surface area contributed by atoms with E-state index in [1.807, 2.05) is 52.7 Å². The van der Waals surface area contributed by atoms with Crippen molar-refractivity contribution < 1.29 is 5.11 Å². The molecule has 3 aromatic rings. The van der Waals surface area contributed by atoms with Crippen LogP contribution in [-0.4, -0.2) is 46.6 Å². The second kappa shape index (κ2) is 7.05. The summed E-state index contributed by atoms with van der Waals surface area (Å²) in [5.41, 5.74) is 3.03. The highest BCUT2D eigenvalue weighted by Crippen LogP contribution is 2.28. The monoisotopic (exact) mass is 355 g/mol. The van der Waals surface area contributed by atoms with Crippen molar-refractivity contribution in [3.63, 3.8) is 0 Å². The molecule has 26 heavy (non-hydrogen) atoms. The summed E-state index contributed by atoms with van der Waals surface area (Å²) >= 11 is 0. The summed E-state index contributed by atoms with van der Waals surface area (Å²) in [5, 5.41) is 27.1. The largest absolute Gasteiger partial charge is 0.391 e. The molecule has 3 atom stereocenters. The van der Waals surface area contributed by atoms with E-state index in [-0.39, 0.29) is 12.1 Å². The zero-order valence-corrected chi connectivity index (χ0v) is 15.2. The maximum Gasteiger partial charge on any atom is 0.115 e. The van der Waals surface area contributed by atoms with Crippen LogP contribution in [0.5, 0.6) is 0 Å². The second-order valence-corrected chi connectivity index (χ2v) is 7.14. The lowest BCUT2D eigenvalue weighted by molar-refractivity contribution is 0.145. The van der Waals surface area contributed by atoms with Crippen LogP contribution in [0, 0.1) is 5.92 Å². The Morgan fingerprint density at radius 1 is 1.23 bits per heavy atom. The van der Waals surface area contributed by atoms with Crippen molar-refractivity contribution in [2.45, 2.75) is 38.1 Å². The SMILES string of the molecule is Cn1cc(CN[C@@H]2CC(Cn3cccn3)C[C@H]2O)c(-c2ccnn2C)n1. The standard InChI is InChI=1S/C18H25N7O/c1-23-12-14(18(22-23)16-4-6-20-24(16)2)10-19-15-8-13(9-17(15)26)11-25-7-3-5-21-25/h3-7,12-13,15,17,19,26H,8-11H2,1-2H3/t13?,15-,17-/m1/s1. The number of rotatable bonds is 6. The fourth-order valence-corrected chi connectivity index (χ4v) is 3.89. The number of aliphatic hydroxyl groups is 1. The minimum Gasteiger partial charge on any atom is -0.391 e. The molecular formula is C18H25N7O. The van der Waals surface area contributed by atoms with Crippen molar-refractivity contribution in [1.29, 1.82) is 0 Å². The summed E-state index contributed by atoms with van der Waals surface area (Å²) in [4.78, 5) is 0. The van der Waals surface area contributed by atoms with Crippen LogP contribution in [-0.2, 0) is 27.2 Å². The van der Waals surface area contributed by atoms with Gasteiger partial charge in [0.15, 0.2) is 0 Å². The Labute approximate surface area is 152 Å². The Balaban J connectivity index is 1.41. The van der Waals surface area contributed by atoms with Crippen molar-refractivity contribution in [3.8, 4) is 11.4 Å². The van der Waals surface area contributed by atoms with E-state index in [0.717, 1.165) is 36.3 Å². The molecule has 2 N–H and O–H groups in total. The number of aromatic nitrogens is 6.